The van der Waals surface area contributed by atoms with E-state index in [2.05, 4.69) is 25.9 Å². The highest BCUT2D eigenvalue weighted by molar-refractivity contribution is 6.04. The Morgan fingerprint density at radius 3 is 2.17 bits per heavy atom. The summed E-state index contributed by atoms with van der Waals surface area (Å²) in [5.41, 5.74) is 0.872. The highest BCUT2D eigenvalue weighted by Crippen LogP contribution is 2.35. The second-order valence-electron chi connectivity index (χ2n) is 7.11. The molecule has 3 nitrogen and oxygen atoms in total. The van der Waals surface area contributed by atoms with Crippen LogP contribution in [0, 0.1) is 11.7 Å². The largest absolute Gasteiger partial charge is 0.390 e. The summed E-state index contributed by atoms with van der Waals surface area (Å²) in [4.78, 5) is 0. The molecule has 1 aromatic rings. The summed E-state index contributed by atoms with van der Waals surface area (Å²) in [5.74, 6) is -0.326. The lowest BCUT2D eigenvalue weighted by Gasteiger charge is -2.33. The standard InChI is InChI=1S/C17H25FN2O.C3H8/c1-5-6-7-14-15(17(2,3)21)16(19-20(14)4)12-8-10-13(18)11-9-12;1-3-2/h8-11,14-15,21H,5-7H2,1-4H3;3H2,1-2H3. The number of halogens is 1. The van der Waals surface area contributed by atoms with Gasteiger partial charge in [0.25, 0.3) is 0 Å². The first-order valence-electron chi connectivity index (χ1n) is 9.05. The molecule has 0 saturated heterocycles. The van der Waals surface area contributed by atoms with Crippen molar-refractivity contribution in [1.82, 2.24) is 5.01 Å². The number of benzene rings is 1. The first-order valence-corrected chi connectivity index (χ1v) is 9.05. The van der Waals surface area contributed by atoms with Gasteiger partial charge >= 0.3 is 0 Å². The van der Waals surface area contributed by atoms with E-state index in [1.807, 2.05) is 25.9 Å². The molecule has 0 aliphatic carbocycles. The summed E-state index contributed by atoms with van der Waals surface area (Å²) in [6, 6.07) is 6.55. The van der Waals surface area contributed by atoms with Gasteiger partial charge in [-0.25, -0.2) is 4.39 Å². The van der Waals surface area contributed by atoms with Crippen LogP contribution in [0.2, 0.25) is 0 Å². The van der Waals surface area contributed by atoms with Gasteiger partial charge < -0.3 is 5.11 Å². The van der Waals surface area contributed by atoms with Crippen molar-refractivity contribution in [1.29, 1.82) is 0 Å². The van der Waals surface area contributed by atoms with Crippen LogP contribution in [0.5, 0.6) is 0 Å². The second-order valence-corrected chi connectivity index (χ2v) is 7.11. The zero-order valence-electron chi connectivity index (χ0n) is 16.0. The third-order valence-electron chi connectivity index (χ3n) is 4.18. The van der Waals surface area contributed by atoms with Crippen LogP contribution in [0.25, 0.3) is 0 Å². The van der Waals surface area contributed by atoms with Gasteiger partial charge in [0.2, 0.25) is 0 Å². The van der Waals surface area contributed by atoms with Gasteiger partial charge in [0, 0.05) is 7.05 Å². The van der Waals surface area contributed by atoms with E-state index in [4.69, 9.17) is 0 Å². The first kappa shape index (κ1) is 20.6. The topological polar surface area (TPSA) is 35.8 Å². The average molecular weight is 336 g/mol. The molecule has 0 spiro atoms. The minimum absolute atomic E-state index is 0.0699. The third kappa shape index (κ3) is 5.30. The second kappa shape index (κ2) is 9.16. The number of aliphatic hydroxyl groups is 1. The summed E-state index contributed by atoms with van der Waals surface area (Å²) >= 11 is 0. The van der Waals surface area contributed by atoms with Crippen molar-refractivity contribution in [2.24, 2.45) is 11.0 Å². The first-order chi connectivity index (χ1) is 11.3. The van der Waals surface area contributed by atoms with Gasteiger partial charge in [0.15, 0.2) is 0 Å². The zero-order valence-corrected chi connectivity index (χ0v) is 16.0. The molecule has 2 unspecified atom stereocenters. The van der Waals surface area contributed by atoms with Crippen molar-refractivity contribution in [3.05, 3.63) is 35.6 Å². The van der Waals surface area contributed by atoms with Gasteiger partial charge in [0.05, 0.1) is 23.3 Å². The van der Waals surface area contributed by atoms with Crippen LogP contribution >= 0.6 is 0 Å². The fourth-order valence-corrected chi connectivity index (χ4v) is 3.13. The number of hydrogen-bond donors (Lipinski definition) is 1. The maximum Gasteiger partial charge on any atom is 0.123 e. The fourth-order valence-electron chi connectivity index (χ4n) is 3.13. The van der Waals surface area contributed by atoms with E-state index in [0.717, 1.165) is 30.5 Å². The molecule has 4 heteroatoms. The van der Waals surface area contributed by atoms with Crippen LogP contribution in [-0.4, -0.2) is 34.5 Å². The normalized spacial score (nSPS) is 20.5. The molecule has 1 aromatic carbocycles. The van der Waals surface area contributed by atoms with Crippen LogP contribution in [-0.2, 0) is 0 Å². The predicted octanol–water partition coefficient (Wildman–Crippen LogP) is 4.84. The van der Waals surface area contributed by atoms with E-state index in [1.165, 1.54) is 18.6 Å². The molecule has 1 heterocycles. The summed E-state index contributed by atoms with van der Waals surface area (Å²) in [6.45, 7) is 10.1. The van der Waals surface area contributed by atoms with Gasteiger partial charge in [0.1, 0.15) is 5.82 Å². The quantitative estimate of drug-likeness (QED) is 0.835. The molecule has 0 amide bonds. The number of hydrazone groups is 1. The van der Waals surface area contributed by atoms with E-state index in [9.17, 15) is 9.50 Å². The van der Waals surface area contributed by atoms with E-state index in [1.54, 1.807) is 12.1 Å². The Labute approximate surface area is 146 Å². The molecule has 1 aliphatic heterocycles. The highest BCUT2D eigenvalue weighted by Gasteiger charge is 2.44. The van der Waals surface area contributed by atoms with Gasteiger partial charge in [-0.2, -0.15) is 5.10 Å². The molecular formula is C20H33FN2O. The van der Waals surface area contributed by atoms with Crippen molar-refractivity contribution < 1.29 is 9.50 Å². The molecule has 0 bridgehead atoms. The van der Waals surface area contributed by atoms with Crippen LogP contribution in [0.3, 0.4) is 0 Å². The van der Waals surface area contributed by atoms with E-state index >= 15 is 0 Å². The predicted molar refractivity (Wildman–Crippen MR) is 99.8 cm³/mol. The summed E-state index contributed by atoms with van der Waals surface area (Å²) in [7, 11) is 1.95. The van der Waals surface area contributed by atoms with E-state index < -0.39 is 5.60 Å². The molecule has 0 saturated carbocycles. The molecule has 1 N–H and O–H groups in total. The van der Waals surface area contributed by atoms with Gasteiger partial charge in [-0.05, 0) is 38.0 Å². The van der Waals surface area contributed by atoms with Crippen molar-refractivity contribution >= 4 is 5.71 Å². The maximum atomic E-state index is 13.1. The zero-order chi connectivity index (χ0) is 18.3. The molecule has 2 rings (SSSR count). The maximum absolute atomic E-state index is 13.1. The summed E-state index contributed by atoms with van der Waals surface area (Å²) in [6.07, 6.45) is 4.47. The van der Waals surface area contributed by atoms with Crippen LogP contribution < -0.4 is 0 Å². The molecule has 1 aliphatic rings. The van der Waals surface area contributed by atoms with Gasteiger partial charge in [-0.15, -0.1) is 0 Å². The SMILES string of the molecule is CCC.CCCCC1C(C(C)(C)O)C(c2ccc(F)cc2)=NN1C. The average Bonchev–Trinajstić information content (AvgIpc) is 2.83. The molecule has 0 fully saturated rings. The van der Waals surface area contributed by atoms with Crippen LogP contribution in [0.1, 0.15) is 65.9 Å². The fraction of sp³-hybridized carbons (Fsp3) is 0.650. The van der Waals surface area contributed by atoms with Crippen LogP contribution in [0.4, 0.5) is 4.39 Å². The number of rotatable bonds is 5. The van der Waals surface area contributed by atoms with Crippen molar-refractivity contribution in [2.75, 3.05) is 7.05 Å². The monoisotopic (exact) mass is 336 g/mol. The Hall–Kier alpha value is -1.42. The molecule has 2 atom stereocenters. The van der Waals surface area contributed by atoms with Crippen molar-refractivity contribution in [3.8, 4) is 0 Å². The summed E-state index contributed by atoms with van der Waals surface area (Å²) < 4.78 is 13.1. The Morgan fingerprint density at radius 1 is 1.17 bits per heavy atom. The molecular weight excluding hydrogens is 303 g/mol. The molecule has 136 valence electrons. The Morgan fingerprint density at radius 2 is 1.71 bits per heavy atom. The highest BCUT2D eigenvalue weighted by atomic mass is 19.1. The number of hydrogen-bond acceptors (Lipinski definition) is 3. The molecule has 24 heavy (non-hydrogen) atoms. The van der Waals surface area contributed by atoms with Crippen molar-refractivity contribution in [3.63, 3.8) is 0 Å². The summed E-state index contributed by atoms with van der Waals surface area (Å²) in [5, 5.41) is 17.2. The minimum atomic E-state index is -0.865. The van der Waals surface area contributed by atoms with Crippen molar-refractivity contribution in [2.45, 2.75) is 71.9 Å². The lowest BCUT2D eigenvalue weighted by atomic mass is 9.78. The van der Waals surface area contributed by atoms with Gasteiger partial charge in [-0.1, -0.05) is 52.2 Å². The number of nitrogens with zero attached hydrogens (tertiary/aromatic N) is 2. The Bertz CT molecular complexity index is 519. The van der Waals surface area contributed by atoms with E-state index in [0.29, 0.717) is 0 Å². The molecule has 0 radical (unpaired) electrons. The lowest BCUT2D eigenvalue weighted by Crippen LogP contribution is -2.45. The third-order valence-corrected chi connectivity index (χ3v) is 4.18. The lowest BCUT2D eigenvalue weighted by molar-refractivity contribution is 0.0166. The smallest absolute Gasteiger partial charge is 0.123 e. The number of unbranched alkanes of at least 4 members (excludes halogenated alkanes) is 1. The van der Waals surface area contributed by atoms with E-state index in [-0.39, 0.29) is 17.8 Å². The van der Waals surface area contributed by atoms with Gasteiger partial charge in [-0.3, -0.25) is 5.01 Å². The van der Waals surface area contributed by atoms with Crippen LogP contribution in [0.15, 0.2) is 29.4 Å². The minimum Gasteiger partial charge on any atom is -0.390 e. The Kier molecular flexibility index (Phi) is 7.88. The Balaban J connectivity index is 0.000000891. The molecule has 0 aromatic heterocycles.